The number of hydrogen-bond donors (Lipinski definition) is 1. The maximum Gasteiger partial charge on any atom is 0.266 e. The lowest BCUT2D eigenvalue weighted by molar-refractivity contribution is -0.126. The Morgan fingerprint density at radius 1 is 0.939 bits per heavy atom. The number of aromatic hydroxyl groups is 1. The topological polar surface area (TPSA) is 79.3 Å². The Labute approximate surface area is 191 Å². The molecule has 3 atom stereocenters. The smallest absolute Gasteiger partial charge is 0.266 e. The summed E-state index contributed by atoms with van der Waals surface area (Å²) in [6, 6.07) is 21.1. The van der Waals surface area contributed by atoms with Gasteiger partial charge in [0.05, 0.1) is 24.5 Å². The summed E-state index contributed by atoms with van der Waals surface area (Å²) in [7, 11) is 1.47. The first-order chi connectivity index (χ1) is 16.0. The summed E-state index contributed by atoms with van der Waals surface area (Å²) < 4.78 is 5.29. The minimum absolute atomic E-state index is 0.00515. The number of anilines is 2. The van der Waals surface area contributed by atoms with Gasteiger partial charge in [0.15, 0.2) is 17.6 Å². The SMILES string of the molecule is CCc1ccc(N2C(=O)[C@@H]3[C@@H](ON(c4ccccc4)[C@H]3c3ccc(O)c(OC)c3)C2=O)cc1. The predicted octanol–water partition coefficient (Wildman–Crippen LogP) is 4.01. The van der Waals surface area contributed by atoms with E-state index in [1.165, 1.54) is 18.1 Å². The van der Waals surface area contributed by atoms with E-state index in [1.54, 1.807) is 29.3 Å². The molecule has 3 aromatic rings. The van der Waals surface area contributed by atoms with Crippen molar-refractivity contribution in [3.63, 3.8) is 0 Å². The molecular formula is C26H24N2O5. The van der Waals surface area contributed by atoms with Crippen molar-refractivity contribution < 1.29 is 24.3 Å². The summed E-state index contributed by atoms with van der Waals surface area (Å²) in [4.78, 5) is 34.4. The molecular weight excluding hydrogens is 420 g/mol. The Kier molecular flexibility index (Phi) is 5.26. The molecule has 0 radical (unpaired) electrons. The fourth-order valence-electron chi connectivity index (χ4n) is 4.57. The molecule has 7 heteroatoms. The highest BCUT2D eigenvalue weighted by molar-refractivity contribution is 6.23. The van der Waals surface area contributed by atoms with Crippen molar-refractivity contribution in [2.75, 3.05) is 17.1 Å². The average molecular weight is 444 g/mol. The van der Waals surface area contributed by atoms with E-state index in [4.69, 9.17) is 9.57 Å². The Hall–Kier alpha value is -3.84. The van der Waals surface area contributed by atoms with Crippen molar-refractivity contribution in [3.8, 4) is 11.5 Å². The highest BCUT2D eigenvalue weighted by Crippen LogP contribution is 2.48. The zero-order chi connectivity index (χ0) is 23.1. The van der Waals surface area contributed by atoms with Crippen LogP contribution in [0.25, 0.3) is 0 Å². The van der Waals surface area contributed by atoms with Crippen LogP contribution in [0.2, 0.25) is 0 Å². The van der Waals surface area contributed by atoms with Gasteiger partial charge in [-0.3, -0.25) is 14.4 Å². The largest absolute Gasteiger partial charge is 0.504 e. The second-order valence-corrected chi connectivity index (χ2v) is 8.12. The summed E-state index contributed by atoms with van der Waals surface area (Å²) in [5, 5.41) is 11.7. The number of rotatable bonds is 5. The number of amides is 2. The molecule has 2 saturated heterocycles. The number of carbonyl (C=O) groups is 2. The zero-order valence-corrected chi connectivity index (χ0v) is 18.3. The van der Waals surface area contributed by atoms with Crippen LogP contribution in [0.15, 0.2) is 72.8 Å². The first-order valence-corrected chi connectivity index (χ1v) is 10.9. The molecule has 2 fully saturated rings. The molecule has 5 rings (SSSR count). The third-order valence-electron chi connectivity index (χ3n) is 6.27. The van der Waals surface area contributed by atoms with Crippen molar-refractivity contribution in [1.82, 2.24) is 0 Å². The average Bonchev–Trinajstić information content (AvgIpc) is 3.36. The van der Waals surface area contributed by atoms with Gasteiger partial charge < -0.3 is 9.84 Å². The van der Waals surface area contributed by atoms with Crippen molar-refractivity contribution in [3.05, 3.63) is 83.9 Å². The van der Waals surface area contributed by atoms with Gasteiger partial charge in [-0.05, 0) is 53.9 Å². The van der Waals surface area contributed by atoms with Crippen molar-refractivity contribution in [2.24, 2.45) is 5.92 Å². The van der Waals surface area contributed by atoms with Crippen LogP contribution in [0.1, 0.15) is 24.1 Å². The molecule has 2 amide bonds. The molecule has 33 heavy (non-hydrogen) atoms. The number of phenolic OH excluding ortho intramolecular Hbond substituents is 1. The number of nitrogens with zero attached hydrogens (tertiary/aromatic N) is 2. The van der Waals surface area contributed by atoms with Crippen LogP contribution in [-0.4, -0.2) is 30.1 Å². The molecule has 3 aromatic carbocycles. The number of benzene rings is 3. The lowest BCUT2D eigenvalue weighted by atomic mass is 9.90. The van der Waals surface area contributed by atoms with E-state index in [0.29, 0.717) is 11.3 Å². The van der Waals surface area contributed by atoms with Crippen LogP contribution in [0, 0.1) is 5.92 Å². The van der Waals surface area contributed by atoms with Crippen LogP contribution >= 0.6 is 0 Å². The third kappa shape index (κ3) is 3.41. The molecule has 0 unspecified atom stereocenters. The van der Waals surface area contributed by atoms with Crippen molar-refractivity contribution in [2.45, 2.75) is 25.5 Å². The number of para-hydroxylation sites is 1. The van der Waals surface area contributed by atoms with Crippen LogP contribution in [-0.2, 0) is 20.8 Å². The van der Waals surface area contributed by atoms with Gasteiger partial charge >= 0.3 is 0 Å². The van der Waals surface area contributed by atoms with Crippen LogP contribution in [0.3, 0.4) is 0 Å². The minimum atomic E-state index is -0.951. The van der Waals surface area contributed by atoms with Crippen molar-refractivity contribution in [1.29, 1.82) is 0 Å². The van der Waals surface area contributed by atoms with E-state index in [1.807, 2.05) is 49.4 Å². The molecule has 168 valence electrons. The molecule has 0 aliphatic carbocycles. The zero-order valence-electron chi connectivity index (χ0n) is 18.3. The Bertz CT molecular complexity index is 1200. The van der Waals surface area contributed by atoms with E-state index in [-0.39, 0.29) is 23.3 Å². The second-order valence-electron chi connectivity index (χ2n) is 8.12. The van der Waals surface area contributed by atoms with Crippen LogP contribution in [0.4, 0.5) is 11.4 Å². The fraction of sp³-hybridized carbons (Fsp3) is 0.231. The third-order valence-corrected chi connectivity index (χ3v) is 6.27. The number of carbonyl (C=O) groups excluding carboxylic acids is 2. The summed E-state index contributed by atoms with van der Waals surface area (Å²) >= 11 is 0. The first kappa shape index (κ1) is 21.0. The highest BCUT2D eigenvalue weighted by Gasteiger charge is 2.60. The quantitative estimate of drug-likeness (QED) is 0.599. The van der Waals surface area contributed by atoms with Gasteiger partial charge in [-0.15, -0.1) is 0 Å². The van der Waals surface area contributed by atoms with Gasteiger partial charge in [0.25, 0.3) is 5.91 Å². The van der Waals surface area contributed by atoms with E-state index < -0.39 is 18.1 Å². The maximum atomic E-state index is 13.7. The minimum Gasteiger partial charge on any atom is -0.504 e. The molecule has 0 aromatic heterocycles. The van der Waals surface area contributed by atoms with Gasteiger partial charge in [0.2, 0.25) is 5.91 Å². The molecule has 1 N–H and O–H groups in total. The standard InChI is InChI=1S/C26H24N2O5/c1-3-16-9-12-18(13-10-16)27-25(30)22-23(17-11-14-20(29)21(15-17)32-2)28(33-24(22)26(27)31)19-7-5-4-6-8-19/h4-15,22-24,29H,3H2,1-2H3/t22-,23-,24+/m0/s1. The number of imide groups is 1. The maximum absolute atomic E-state index is 13.7. The molecule has 0 saturated carbocycles. The first-order valence-electron chi connectivity index (χ1n) is 10.9. The summed E-state index contributed by atoms with van der Waals surface area (Å²) in [5.74, 6) is -1.17. The Morgan fingerprint density at radius 2 is 1.67 bits per heavy atom. The summed E-state index contributed by atoms with van der Waals surface area (Å²) in [5.41, 5.74) is 3.08. The Morgan fingerprint density at radius 3 is 2.33 bits per heavy atom. The predicted molar refractivity (Wildman–Crippen MR) is 123 cm³/mol. The van der Waals surface area contributed by atoms with Gasteiger partial charge in [-0.1, -0.05) is 43.3 Å². The van der Waals surface area contributed by atoms with Gasteiger partial charge in [0.1, 0.15) is 5.92 Å². The molecule has 2 aliphatic heterocycles. The second kappa shape index (κ2) is 8.26. The number of methoxy groups -OCH3 is 1. The summed E-state index contributed by atoms with van der Waals surface area (Å²) in [6.45, 7) is 2.05. The number of hydroxylamine groups is 1. The van der Waals surface area contributed by atoms with Crippen LogP contribution < -0.4 is 14.7 Å². The number of aryl methyl sites for hydroxylation is 1. The Balaban J connectivity index is 1.58. The lowest BCUT2D eigenvalue weighted by Crippen LogP contribution is -2.37. The molecule has 0 bridgehead atoms. The molecule has 7 nitrogen and oxygen atoms in total. The van der Waals surface area contributed by atoms with Gasteiger partial charge in [-0.25, -0.2) is 9.96 Å². The normalized spacial score (nSPS) is 22.1. The number of hydrogen-bond acceptors (Lipinski definition) is 6. The summed E-state index contributed by atoms with van der Waals surface area (Å²) in [6.07, 6.45) is -0.0822. The highest BCUT2D eigenvalue weighted by atomic mass is 16.7. The van der Waals surface area contributed by atoms with Crippen molar-refractivity contribution >= 4 is 23.2 Å². The van der Waals surface area contributed by atoms with Crippen LogP contribution in [0.5, 0.6) is 11.5 Å². The molecule has 2 heterocycles. The number of phenols is 1. The van der Waals surface area contributed by atoms with E-state index in [2.05, 4.69) is 0 Å². The number of fused-ring (bicyclic) bond motifs is 1. The lowest BCUT2D eigenvalue weighted by Gasteiger charge is -2.29. The van der Waals surface area contributed by atoms with E-state index in [9.17, 15) is 14.7 Å². The number of ether oxygens (including phenoxy) is 1. The monoisotopic (exact) mass is 444 g/mol. The van der Waals surface area contributed by atoms with E-state index in [0.717, 1.165) is 17.7 Å². The fourth-order valence-corrected chi connectivity index (χ4v) is 4.57. The van der Waals surface area contributed by atoms with Gasteiger partial charge in [-0.2, -0.15) is 0 Å². The molecule has 2 aliphatic rings. The van der Waals surface area contributed by atoms with E-state index >= 15 is 0 Å². The van der Waals surface area contributed by atoms with Gasteiger partial charge in [0, 0.05) is 0 Å². The molecule has 0 spiro atoms.